The summed E-state index contributed by atoms with van der Waals surface area (Å²) in [5.74, 6) is -4.29. The third-order valence-electron chi connectivity index (χ3n) is 3.59. The summed E-state index contributed by atoms with van der Waals surface area (Å²) >= 11 is 0. The van der Waals surface area contributed by atoms with E-state index in [1.165, 1.54) is 0 Å². The number of hydrogen-bond acceptors (Lipinski definition) is 7. The number of ether oxygens (including phenoxy) is 3. The van der Waals surface area contributed by atoms with E-state index in [4.69, 9.17) is 14.2 Å². The van der Waals surface area contributed by atoms with Crippen molar-refractivity contribution in [1.29, 1.82) is 0 Å². The lowest BCUT2D eigenvalue weighted by atomic mass is 9.99. The molecule has 0 saturated carbocycles. The van der Waals surface area contributed by atoms with Crippen molar-refractivity contribution in [1.82, 2.24) is 5.32 Å². The summed E-state index contributed by atoms with van der Waals surface area (Å²) in [5.41, 5.74) is 0.327. The van der Waals surface area contributed by atoms with Gasteiger partial charge in [0.1, 0.15) is 6.04 Å². The summed E-state index contributed by atoms with van der Waals surface area (Å²) in [6.07, 6.45) is -0.769. The summed E-state index contributed by atoms with van der Waals surface area (Å²) in [4.78, 5) is 49.4. The topological polar surface area (TPSA) is 108 Å². The molecule has 1 amide bonds. The van der Waals surface area contributed by atoms with Crippen LogP contribution in [-0.2, 0) is 28.6 Å². The Morgan fingerprint density at radius 3 is 1.89 bits per heavy atom. The maximum atomic E-state index is 12.5. The molecule has 0 fully saturated rings. The minimum Gasteiger partial charge on any atom is -0.465 e. The fourth-order valence-electron chi connectivity index (χ4n) is 2.37. The first-order valence-corrected chi connectivity index (χ1v) is 9.19. The second kappa shape index (κ2) is 11.7. The van der Waals surface area contributed by atoms with Gasteiger partial charge in [0.25, 0.3) is 5.91 Å². The Balaban J connectivity index is 3.06. The minimum atomic E-state index is -1.36. The second-order valence-corrected chi connectivity index (χ2v) is 6.17. The van der Waals surface area contributed by atoms with Crippen molar-refractivity contribution in [2.24, 2.45) is 5.92 Å². The first-order valence-electron chi connectivity index (χ1n) is 9.19. The van der Waals surface area contributed by atoms with Gasteiger partial charge in [-0.25, -0.2) is 4.79 Å². The molecule has 0 aromatic heterocycles. The van der Waals surface area contributed by atoms with E-state index in [-0.39, 0.29) is 19.6 Å². The van der Waals surface area contributed by atoms with E-state index >= 15 is 0 Å². The van der Waals surface area contributed by atoms with Gasteiger partial charge in [-0.15, -0.1) is 0 Å². The van der Waals surface area contributed by atoms with Crippen LogP contribution < -0.4 is 5.32 Å². The molecule has 0 saturated heterocycles. The number of carbonyl (C=O) groups is 4. The van der Waals surface area contributed by atoms with Crippen LogP contribution >= 0.6 is 0 Å². The highest BCUT2D eigenvalue weighted by molar-refractivity contribution is 5.98. The van der Waals surface area contributed by atoms with Gasteiger partial charge in [-0.2, -0.15) is 0 Å². The van der Waals surface area contributed by atoms with E-state index in [0.717, 1.165) is 0 Å². The van der Waals surface area contributed by atoms with Crippen LogP contribution in [-0.4, -0.2) is 49.2 Å². The second-order valence-electron chi connectivity index (χ2n) is 6.17. The van der Waals surface area contributed by atoms with Crippen LogP contribution in [0.4, 0.5) is 0 Å². The fraction of sp³-hybridized carbons (Fsp3) is 0.500. The number of hydrogen-bond donors (Lipinski definition) is 1. The molecule has 8 heteroatoms. The Morgan fingerprint density at radius 1 is 0.893 bits per heavy atom. The lowest BCUT2D eigenvalue weighted by molar-refractivity contribution is -0.163. The Bertz CT molecular complexity index is 654. The maximum Gasteiger partial charge on any atom is 0.328 e. The predicted octanol–water partition coefficient (Wildman–Crippen LogP) is 1.87. The van der Waals surface area contributed by atoms with Gasteiger partial charge < -0.3 is 19.5 Å². The summed E-state index contributed by atoms with van der Waals surface area (Å²) in [7, 11) is 0. The third-order valence-corrected chi connectivity index (χ3v) is 3.59. The van der Waals surface area contributed by atoms with Crippen LogP contribution in [0.3, 0.4) is 0 Å². The van der Waals surface area contributed by atoms with Crippen molar-refractivity contribution < 1.29 is 33.4 Å². The molecular formula is C20H27NO7. The van der Waals surface area contributed by atoms with Crippen molar-refractivity contribution in [3.8, 4) is 0 Å². The highest BCUT2D eigenvalue weighted by Gasteiger charge is 2.36. The highest BCUT2D eigenvalue weighted by Crippen LogP contribution is 2.15. The van der Waals surface area contributed by atoms with Gasteiger partial charge in [0.05, 0.1) is 19.3 Å². The molecule has 0 spiro atoms. The van der Waals surface area contributed by atoms with Gasteiger partial charge in [-0.05, 0) is 39.8 Å². The summed E-state index contributed by atoms with van der Waals surface area (Å²) in [5, 5.41) is 2.53. The van der Waals surface area contributed by atoms with Crippen molar-refractivity contribution in [2.45, 2.75) is 46.3 Å². The van der Waals surface area contributed by atoms with E-state index in [1.807, 2.05) is 0 Å². The summed E-state index contributed by atoms with van der Waals surface area (Å²) in [6, 6.07) is 7.03. The average molecular weight is 393 g/mol. The molecule has 8 nitrogen and oxygen atoms in total. The molecule has 0 radical (unpaired) electrons. The van der Waals surface area contributed by atoms with Crippen LogP contribution in [0.2, 0.25) is 0 Å². The number of amides is 1. The Kier molecular flexibility index (Phi) is 9.70. The van der Waals surface area contributed by atoms with Gasteiger partial charge in [-0.1, -0.05) is 18.2 Å². The van der Waals surface area contributed by atoms with E-state index in [9.17, 15) is 19.2 Å². The molecule has 1 rings (SSSR count). The smallest absolute Gasteiger partial charge is 0.328 e. The van der Waals surface area contributed by atoms with Crippen LogP contribution in [0.15, 0.2) is 30.3 Å². The zero-order valence-electron chi connectivity index (χ0n) is 16.6. The Hall–Kier alpha value is -2.90. The van der Waals surface area contributed by atoms with Gasteiger partial charge in [-0.3, -0.25) is 14.4 Å². The number of nitrogens with one attached hydrogen (secondary N) is 1. The lowest BCUT2D eigenvalue weighted by Gasteiger charge is -2.22. The van der Waals surface area contributed by atoms with Crippen molar-refractivity contribution in [3.05, 3.63) is 35.9 Å². The predicted molar refractivity (Wildman–Crippen MR) is 100 cm³/mol. The van der Waals surface area contributed by atoms with Crippen molar-refractivity contribution >= 4 is 23.8 Å². The zero-order chi connectivity index (χ0) is 21.1. The Labute approximate surface area is 164 Å². The van der Waals surface area contributed by atoms with Crippen LogP contribution in [0.5, 0.6) is 0 Å². The van der Waals surface area contributed by atoms with Crippen LogP contribution in [0.25, 0.3) is 0 Å². The summed E-state index contributed by atoms with van der Waals surface area (Å²) < 4.78 is 15.0. The molecule has 0 aliphatic heterocycles. The first-order chi connectivity index (χ1) is 13.3. The average Bonchev–Trinajstić information content (AvgIpc) is 2.65. The molecule has 0 aliphatic rings. The number of esters is 3. The third kappa shape index (κ3) is 7.38. The monoisotopic (exact) mass is 393 g/mol. The minimum absolute atomic E-state index is 0.0617. The van der Waals surface area contributed by atoms with Gasteiger partial charge in [0.2, 0.25) is 0 Å². The lowest BCUT2D eigenvalue weighted by Crippen LogP contribution is -2.46. The molecule has 28 heavy (non-hydrogen) atoms. The highest BCUT2D eigenvalue weighted by atomic mass is 16.6. The fourth-order valence-corrected chi connectivity index (χ4v) is 2.37. The van der Waals surface area contributed by atoms with E-state index in [1.54, 1.807) is 58.0 Å². The molecule has 1 aromatic rings. The molecule has 1 unspecified atom stereocenters. The molecular weight excluding hydrogens is 366 g/mol. The molecule has 1 N–H and O–H groups in total. The standard InChI is InChI=1S/C20H27NO7/c1-5-26-18(23)15(19(24)27-6-2)12-16(20(25)28-13(3)4)21-17(22)14-10-8-7-9-11-14/h7-11,13,15-16H,5-6,12H2,1-4H3,(H,21,22). The number of benzene rings is 1. The molecule has 0 heterocycles. The zero-order valence-corrected chi connectivity index (χ0v) is 16.6. The Morgan fingerprint density at radius 2 is 1.43 bits per heavy atom. The molecule has 0 aliphatic carbocycles. The first kappa shape index (κ1) is 23.1. The maximum absolute atomic E-state index is 12.5. The van der Waals surface area contributed by atoms with Crippen molar-refractivity contribution in [2.75, 3.05) is 13.2 Å². The largest absolute Gasteiger partial charge is 0.465 e. The SMILES string of the molecule is CCOC(=O)C(CC(NC(=O)c1ccccc1)C(=O)OC(C)C)C(=O)OCC. The summed E-state index contributed by atoms with van der Waals surface area (Å²) in [6.45, 7) is 6.63. The van der Waals surface area contributed by atoms with E-state index in [2.05, 4.69) is 5.32 Å². The molecule has 1 atom stereocenters. The van der Waals surface area contributed by atoms with Gasteiger partial charge in [0, 0.05) is 12.0 Å². The van der Waals surface area contributed by atoms with Gasteiger partial charge in [0.15, 0.2) is 5.92 Å². The molecule has 154 valence electrons. The van der Waals surface area contributed by atoms with E-state index < -0.39 is 41.9 Å². The molecule has 1 aromatic carbocycles. The molecule has 0 bridgehead atoms. The van der Waals surface area contributed by atoms with E-state index in [0.29, 0.717) is 5.56 Å². The number of rotatable bonds is 10. The van der Waals surface area contributed by atoms with Gasteiger partial charge >= 0.3 is 17.9 Å². The van der Waals surface area contributed by atoms with Crippen molar-refractivity contribution in [3.63, 3.8) is 0 Å². The number of carbonyl (C=O) groups excluding carboxylic acids is 4. The normalized spacial score (nSPS) is 11.6. The van der Waals surface area contributed by atoms with Crippen LogP contribution in [0.1, 0.15) is 44.5 Å². The van der Waals surface area contributed by atoms with Crippen LogP contribution in [0, 0.1) is 5.92 Å². The quantitative estimate of drug-likeness (QED) is 0.367.